The van der Waals surface area contributed by atoms with Gasteiger partial charge in [0.2, 0.25) is 0 Å². The lowest BCUT2D eigenvalue weighted by molar-refractivity contribution is -0.152. The van der Waals surface area contributed by atoms with Crippen LogP contribution in [0, 0.1) is 5.41 Å². The van der Waals surface area contributed by atoms with E-state index in [2.05, 4.69) is 55.5 Å². The number of hydrogen-bond donors (Lipinski definition) is 0. The summed E-state index contributed by atoms with van der Waals surface area (Å²) in [6, 6.07) is 17.2. The van der Waals surface area contributed by atoms with E-state index in [1.54, 1.807) is 0 Å². The molecule has 3 aromatic carbocycles. The molecule has 0 fully saturated rings. The minimum atomic E-state index is -0.463. The van der Waals surface area contributed by atoms with Crippen molar-refractivity contribution in [1.82, 2.24) is 0 Å². The first-order chi connectivity index (χ1) is 12.4. The van der Waals surface area contributed by atoms with Gasteiger partial charge in [-0.1, -0.05) is 61.9 Å². The van der Waals surface area contributed by atoms with E-state index < -0.39 is 5.41 Å². The van der Waals surface area contributed by atoms with Crippen molar-refractivity contribution < 1.29 is 9.53 Å². The maximum absolute atomic E-state index is 12.1. The third-order valence-corrected chi connectivity index (χ3v) is 4.85. The molecule has 0 amide bonds. The predicted octanol–water partition coefficient (Wildman–Crippen LogP) is 6.08. The average molecular weight is 348 g/mol. The lowest BCUT2D eigenvalue weighted by Crippen LogP contribution is -2.23. The monoisotopic (exact) mass is 348 g/mol. The zero-order chi connectivity index (χ0) is 18.7. The van der Waals surface area contributed by atoms with Crippen LogP contribution < -0.4 is 0 Å². The molecule has 3 rings (SSSR count). The van der Waals surface area contributed by atoms with E-state index >= 15 is 0 Å². The van der Waals surface area contributed by atoms with E-state index in [9.17, 15) is 4.79 Å². The Balaban J connectivity index is 2.06. The Bertz CT molecular complexity index is 875. The number of hydrogen-bond acceptors (Lipinski definition) is 2. The summed E-state index contributed by atoms with van der Waals surface area (Å²) in [7, 11) is 0. The molecule has 0 atom stereocenters. The number of esters is 1. The van der Waals surface area contributed by atoms with Crippen LogP contribution in [0.25, 0.3) is 21.5 Å². The molecule has 0 saturated carbocycles. The van der Waals surface area contributed by atoms with E-state index in [1.807, 2.05) is 20.8 Å². The first kappa shape index (κ1) is 18.4. The Labute approximate surface area is 156 Å². The highest BCUT2D eigenvalue weighted by Gasteiger charge is 2.23. The second kappa shape index (κ2) is 7.49. The molecule has 2 nitrogen and oxygen atoms in total. The van der Waals surface area contributed by atoms with Crippen LogP contribution in [-0.2, 0) is 22.4 Å². The average Bonchev–Trinajstić information content (AvgIpc) is 2.62. The summed E-state index contributed by atoms with van der Waals surface area (Å²) in [4.78, 5) is 12.1. The second-order valence-corrected chi connectivity index (χ2v) is 7.93. The Hall–Kier alpha value is -2.35. The summed E-state index contributed by atoms with van der Waals surface area (Å²) in [5.74, 6) is -0.145. The van der Waals surface area contributed by atoms with E-state index in [-0.39, 0.29) is 5.97 Å². The molecule has 0 aromatic heterocycles. The van der Waals surface area contributed by atoms with Gasteiger partial charge in [-0.2, -0.15) is 0 Å². The number of rotatable bonds is 5. The summed E-state index contributed by atoms with van der Waals surface area (Å²) < 4.78 is 5.55. The van der Waals surface area contributed by atoms with Crippen LogP contribution in [0.15, 0.2) is 48.5 Å². The van der Waals surface area contributed by atoms with Gasteiger partial charge in [-0.3, -0.25) is 4.79 Å². The molecule has 0 aliphatic rings. The van der Waals surface area contributed by atoms with Crippen LogP contribution >= 0.6 is 0 Å². The van der Waals surface area contributed by atoms with Crippen LogP contribution in [0.4, 0.5) is 0 Å². The Morgan fingerprint density at radius 3 is 1.62 bits per heavy atom. The number of benzene rings is 3. The molecule has 0 spiro atoms. The number of ether oxygens (including phenoxy) is 1. The van der Waals surface area contributed by atoms with Crippen molar-refractivity contribution in [2.24, 2.45) is 5.41 Å². The lowest BCUT2D eigenvalue weighted by Gasteiger charge is -2.19. The van der Waals surface area contributed by atoms with Gasteiger partial charge in [0.25, 0.3) is 0 Å². The first-order valence-corrected chi connectivity index (χ1v) is 9.52. The summed E-state index contributed by atoms with van der Waals surface area (Å²) in [6.45, 7) is 8.31. The number of carbonyl (C=O) groups excluding carboxylic acids is 1. The molecule has 0 N–H and O–H groups in total. The molecule has 0 aliphatic heterocycles. The smallest absolute Gasteiger partial charge is 0.311 e. The van der Waals surface area contributed by atoms with Gasteiger partial charge in [0.05, 0.1) is 12.0 Å². The van der Waals surface area contributed by atoms with Crippen molar-refractivity contribution >= 4 is 27.5 Å². The fourth-order valence-corrected chi connectivity index (χ4v) is 3.56. The largest absolute Gasteiger partial charge is 0.465 e. The number of carbonyl (C=O) groups is 1. The highest BCUT2D eigenvalue weighted by atomic mass is 16.5. The van der Waals surface area contributed by atoms with Gasteiger partial charge in [-0.25, -0.2) is 0 Å². The van der Waals surface area contributed by atoms with Crippen molar-refractivity contribution in [2.45, 2.75) is 47.0 Å². The SMILES string of the molecule is CCCc1c2ccccc2c(CCOC(=O)C(C)(C)C)c2ccccc12. The van der Waals surface area contributed by atoms with Crippen LogP contribution in [0.2, 0.25) is 0 Å². The van der Waals surface area contributed by atoms with Gasteiger partial charge >= 0.3 is 5.97 Å². The second-order valence-electron chi connectivity index (χ2n) is 7.93. The van der Waals surface area contributed by atoms with Crippen LogP contribution in [0.3, 0.4) is 0 Å². The Morgan fingerprint density at radius 2 is 1.23 bits per heavy atom. The highest BCUT2D eigenvalue weighted by molar-refractivity contribution is 6.05. The van der Waals surface area contributed by atoms with Gasteiger partial charge in [-0.15, -0.1) is 0 Å². The first-order valence-electron chi connectivity index (χ1n) is 9.52. The van der Waals surface area contributed by atoms with Gasteiger partial charge < -0.3 is 4.74 Å². The van der Waals surface area contributed by atoms with Crippen LogP contribution in [0.1, 0.15) is 45.2 Å². The van der Waals surface area contributed by atoms with Crippen molar-refractivity contribution in [3.05, 3.63) is 59.7 Å². The quantitative estimate of drug-likeness (QED) is 0.413. The molecular formula is C24H28O2. The van der Waals surface area contributed by atoms with Crippen LogP contribution in [0.5, 0.6) is 0 Å². The fourth-order valence-electron chi connectivity index (χ4n) is 3.56. The normalized spacial score (nSPS) is 11.8. The lowest BCUT2D eigenvalue weighted by atomic mass is 9.89. The van der Waals surface area contributed by atoms with Crippen LogP contribution in [-0.4, -0.2) is 12.6 Å². The zero-order valence-corrected chi connectivity index (χ0v) is 16.3. The van der Waals surface area contributed by atoms with Crippen molar-refractivity contribution in [1.29, 1.82) is 0 Å². The molecule has 0 saturated heterocycles. The van der Waals surface area contributed by atoms with E-state index in [1.165, 1.54) is 32.7 Å². The summed E-state index contributed by atoms with van der Waals surface area (Å²) in [6.07, 6.45) is 2.92. The molecular weight excluding hydrogens is 320 g/mol. The molecule has 0 unspecified atom stereocenters. The summed E-state index contributed by atoms with van der Waals surface area (Å²) in [5.41, 5.74) is 2.24. The van der Waals surface area contributed by atoms with E-state index in [0.29, 0.717) is 6.61 Å². The molecule has 0 bridgehead atoms. The third-order valence-electron chi connectivity index (χ3n) is 4.85. The van der Waals surface area contributed by atoms with Gasteiger partial charge in [0, 0.05) is 6.42 Å². The molecule has 0 heterocycles. The van der Waals surface area contributed by atoms with Crippen molar-refractivity contribution in [2.75, 3.05) is 6.61 Å². The molecule has 3 aromatic rings. The zero-order valence-electron chi connectivity index (χ0n) is 16.3. The van der Waals surface area contributed by atoms with Gasteiger partial charge in [0.1, 0.15) is 0 Å². The topological polar surface area (TPSA) is 26.3 Å². The third kappa shape index (κ3) is 3.60. The van der Waals surface area contributed by atoms with E-state index in [4.69, 9.17) is 4.74 Å². The molecule has 136 valence electrons. The molecule has 0 aliphatic carbocycles. The Kier molecular flexibility index (Phi) is 5.31. The predicted molar refractivity (Wildman–Crippen MR) is 110 cm³/mol. The van der Waals surface area contributed by atoms with Crippen molar-refractivity contribution in [3.8, 4) is 0 Å². The Morgan fingerprint density at radius 1 is 0.808 bits per heavy atom. The maximum atomic E-state index is 12.1. The minimum Gasteiger partial charge on any atom is -0.465 e. The maximum Gasteiger partial charge on any atom is 0.311 e. The fraction of sp³-hybridized carbons (Fsp3) is 0.375. The van der Waals surface area contributed by atoms with Crippen molar-refractivity contribution in [3.63, 3.8) is 0 Å². The van der Waals surface area contributed by atoms with E-state index in [0.717, 1.165) is 19.3 Å². The summed E-state index contributed by atoms with van der Waals surface area (Å²) in [5, 5.41) is 5.21. The molecule has 2 heteroatoms. The standard InChI is InChI=1S/C24H28O2/c1-5-10-17-18-11-6-8-13-20(18)22(21-14-9-7-12-19(17)21)15-16-26-23(25)24(2,3)4/h6-9,11-14H,5,10,15-16H2,1-4H3. The number of aryl methyl sites for hydroxylation is 1. The molecule has 0 radical (unpaired) electrons. The molecule has 26 heavy (non-hydrogen) atoms. The minimum absolute atomic E-state index is 0.145. The number of fused-ring (bicyclic) bond motifs is 2. The summed E-state index contributed by atoms with van der Waals surface area (Å²) >= 11 is 0. The van der Waals surface area contributed by atoms with Gasteiger partial charge in [-0.05, 0) is 59.9 Å². The highest BCUT2D eigenvalue weighted by Crippen LogP contribution is 2.34. The van der Waals surface area contributed by atoms with Gasteiger partial charge in [0.15, 0.2) is 0 Å².